The molecule has 0 fully saturated rings. The van der Waals surface area contributed by atoms with Crippen LogP contribution in [0.5, 0.6) is 11.5 Å². The number of nitrogens with zero attached hydrogens (tertiary/aromatic N) is 4. The zero-order valence-electron chi connectivity index (χ0n) is 53.0. The lowest BCUT2D eigenvalue weighted by Crippen LogP contribution is -2.41. The van der Waals surface area contributed by atoms with Gasteiger partial charge in [0.05, 0.1) is 50.2 Å². The first-order valence-electron chi connectivity index (χ1n) is 30.4. The van der Waals surface area contributed by atoms with E-state index >= 15 is 0 Å². The fourth-order valence-electron chi connectivity index (χ4n) is 12.0. The summed E-state index contributed by atoms with van der Waals surface area (Å²) in [5, 5.41) is 19.3. The number of alkyl halides is 6. The van der Waals surface area contributed by atoms with Gasteiger partial charge < -0.3 is 41.0 Å². The van der Waals surface area contributed by atoms with E-state index < -0.39 is 70.7 Å². The van der Waals surface area contributed by atoms with Crippen molar-refractivity contribution in [1.29, 1.82) is 0 Å². The number of hydrogen-bond acceptors (Lipinski definition) is 16. The lowest BCUT2D eigenvalue weighted by molar-refractivity contribution is -0.173. The third-order valence-corrected chi connectivity index (χ3v) is 17.9. The van der Waals surface area contributed by atoms with E-state index in [0.717, 1.165) is 118 Å². The number of ether oxygens (including phenoxy) is 2. The van der Waals surface area contributed by atoms with Crippen molar-refractivity contribution in [3.8, 4) is 11.5 Å². The van der Waals surface area contributed by atoms with Gasteiger partial charge in [-0.3, -0.25) is 24.1 Å². The Labute approximate surface area is 565 Å². The molecule has 4 aliphatic heterocycles. The number of carbonyl (C=O) groups is 8. The Morgan fingerprint density at radius 2 is 0.620 bits per heavy atom. The summed E-state index contributed by atoms with van der Waals surface area (Å²) < 4.78 is 96.3. The van der Waals surface area contributed by atoms with Crippen LogP contribution in [-0.4, -0.2) is 82.0 Å². The van der Waals surface area contributed by atoms with Gasteiger partial charge in [0.1, 0.15) is 22.3 Å². The van der Waals surface area contributed by atoms with Crippen LogP contribution in [0, 0.1) is 6.92 Å². The van der Waals surface area contributed by atoms with Crippen molar-refractivity contribution < 1.29 is 84.4 Å². The number of benzene rings is 10. The number of hydrogen-bond donors (Lipinski definition) is 4. The Bertz CT molecular complexity index is 4800. The van der Waals surface area contributed by atoms with Crippen molar-refractivity contribution in [1.82, 2.24) is 4.90 Å². The smallest absolute Gasteiger partial charge is 0.402 e. The van der Waals surface area contributed by atoms with Crippen molar-refractivity contribution in [2.75, 3.05) is 33.2 Å². The molecule has 0 bridgehead atoms. The van der Waals surface area contributed by atoms with E-state index in [-0.39, 0.29) is 83.9 Å². The molecule has 100 heavy (non-hydrogen) atoms. The maximum Gasteiger partial charge on any atom is 0.402 e. The van der Waals surface area contributed by atoms with Crippen LogP contribution in [0.15, 0.2) is 218 Å². The zero-order chi connectivity index (χ0) is 71.7. The molecule has 0 spiro atoms. The van der Waals surface area contributed by atoms with Crippen molar-refractivity contribution in [2.24, 2.45) is 0 Å². The van der Waals surface area contributed by atoms with Crippen LogP contribution < -0.4 is 26.2 Å². The third kappa shape index (κ3) is 11.9. The lowest BCUT2D eigenvalue weighted by atomic mass is 9.74. The summed E-state index contributed by atoms with van der Waals surface area (Å²) in [5.41, 5.74) is 11.6. The molecule has 1 unspecified atom stereocenters. The summed E-state index contributed by atoms with van der Waals surface area (Å²) in [7, 11) is 1.26. The van der Waals surface area contributed by atoms with Gasteiger partial charge in [-0.15, -0.1) is 0 Å². The predicted molar refractivity (Wildman–Crippen MR) is 357 cm³/mol. The Morgan fingerprint density at radius 3 is 0.980 bits per heavy atom. The molecule has 0 aliphatic carbocycles. The van der Waals surface area contributed by atoms with Gasteiger partial charge in [-0.05, 0) is 225 Å². The van der Waals surface area contributed by atoms with Crippen molar-refractivity contribution in [2.45, 2.75) is 44.0 Å². The fraction of sp³-hybridized carbons (Fsp3) is 0.105. The summed E-state index contributed by atoms with van der Waals surface area (Å²) in [5.74, 6) is -6.38. The van der Waals surface area contributed by atoms with E-state index in [9.17, 15) is 74.9 Å². The summed E-state index contributed by atoms with van der Waals surface area (Å²) in [4.78, 5) is 105. The van der Waals surface area contributed by atoms with E-state index in [2.05, 4.69) is 14.4 Å². The average molecular weight is 1360 g/mol. The van der Waals surface area contributed by atoms with E-state index in [1.54, 1.807) is 60.7 Å². The highest BCUT2D eigenvalue weighted by Gasteiger charge is 2.56. The first kappa shape index (κ1) is 67.1. The maximum absolute atomic E-state index is 15.0. The molecule has 502 valence electrons. The molecule has 18 nitrogen and oxygen atoms in total. The number of carbonyl (C=O) groups excluding carboxylic acids is 8. The standard InChI is InChI=1S/C39H28F3N3O5.C19H9F3O6.C18H17N3O/c1-22-4-8-25(9-5-22)44(27-14-16-29(46)17-15-27)26-10-12-28(13-11-26)45-36(49)31-19-7-24(21-33(31)37(45)50)38(2,39(40,41)42)23-6-18-30-32(20-23)35(48)43(3)34(30)47;1-18(19(20,21)22,8-2-4-10-12(6-8)16(25)27-14(10)23)9-3-5-11-13(7-9)17(26)28-15(11)24;19-13-1-5-15(6-2-13)21(16-7-3-14(20)4-8-16)17-9-11-18(22)12-10-17/h4-21,46H,1-3H3;2-7H,1H3;1-12,22H,19-20H2. The number of nitrogens with two attached hydrogens (primary N) is 2. The molecule has 14 rings (SSSR count). The monoisotopic (exact) mass is 1360 g/mol. The molecule has 4 amide bonds. The van der Waals surface area contributed by atoms with Crippen molar-refractivity contribution in [3.63, 3.8) is 0 Å². The highest BCUT2D eigenvalue weighted by Crippen LogP contribution is 2.50. The fourth-order valence-corrected chi connectivity index (χ4v) is 12.0. The summed E-state index contributed by atoms with van der Waals surface area (Å²) in [6, 6.07) is 56.4. The van der Waals surface area contributed by atoms with Crippen LogP contribution in [0.4, 0.5) is 77.5 Å². The number of amides is 4. The average Bonchev–Trinajstić information content (AvgIpc) is 1.37. The molecule has 10 aromatic rings. The Hall–Kier alpha value is -12.9. The number of halogens is 6. The van der Waals surface area contributed by atoms with Crippen LogP contribution in [0.1, 0.15) is 125 Å². The molecule has 0 saturated heterocycles. The van der Waals surface area contributed by atoms with Gasteiger partial charge in [0, 0.05) is 52.5 Å². The molecule has 0 saturated carbocycles. The summed E-state index contributed by atoms with van der Waals surface area (Å²) in [6.45, 7) is 3.78. The molecule has 10 aromatic carbocycles. The molecule has 0 radical (unpaired) electrons. The molecule has 24 heteroatoms. The highest BCUT2D eigenvalue weighted by molar-refractivity contribution is 6.34. The van der Waals surface area contributed by atoms with Gasteiger partial charge in [0.15, 0.2) is 0 Å². The summed E-state index contributed by atoms with van der Waals surface area (Å²) >= 11 is 0. The number of rotatable bonds is 11. The van der Waals surface area contributed by atoms with Crippen LogP contribution in [0.3, 0.4) is 0 Å². The molecule has 0 aromatic heterocycles. The van der Waals surface area contributed by atoms with Gasteiger partial charge in [0.25, 0.3) is 23.6 Å². The number of phenols is 2. The Morgan fingerprint density at radius 1 is 0.350 bits per heavy atom. The lowest BCUT2D eigenvalue weighted by Gasteiger charge is -2.33. The van der Waals surface area contributed by atoms with E-state index in [0.29, 0.717) is 17.1 Å². The van der Waals surface area contributed by atoms with Gasteiger partial charge >= 0.3 is 36.2 Å². The molecule has 6 N–H and O–H groups in total. The number of nitrogen functional groups attached to an aromatic ring is 2. The number of anilines is 9. The number of cyclic esters (lactones) is 4. The number of fused-ring (bicyclic) bond motifs is 4. The predicted octanol–water partition coefficient (Wildman–Crippen LogP) is 15.3. The number of aromatic hydroxyl groups is 2. The quantitative estimate of drug-likeness (QED) is 0.0308. The maximum atomic E-state index is 15.0. The minimum absolute atomic E-state index is 0.00668. The zero-order valence-corrected chi connectivity index (χ0v) is 53.0. The summed E-state index contributed by atoms with van der Waals surface area (Å²) in [6.07, 6.45) is -9.73. The minimum atomic E-state index is -4.89. The Balaban J connectivity index is 0.000000159. The molecular formula is C76H54F6N6O12. The van der Waals surface area contributed by atoms with E-state index in [1.807, 2.05) is 96.8 Å². The second-order valence-electron chi connectivity index (χ2n) is 24.0. The topological polar surface area (TPSA) is 260 Å². The second-order valence-corrected chi connectivity index (χ2v) is 24.0. The van der Waals surface area contributed by atoms with Crippen LogP contribution >= 0.6 is 0 Å². The van der Waals surface area contributed by atoms with Crippen LogP contribution in [-0.2, 0) is 20.3 Å². The SMILES string of the molecule is CC(c1ccc2c(c1)C(=O)OC2=O)(c1ccc2c(c1)C(=O)OC2=O)C(F)(F)F.Cc1ccc(N(c2ccc(O)cc2)c2ccc(N3C(=O)c4ccc(C(C)(c5ccc6c(c5)C(=O)N(C)C6=O)C(F)(F)F)cc4C3=O)cc2)cc1.Nc1ccc(N(c2ccc(N)cc2)c2ccc(O)cc2)cc1. The molecular weight excluding hydrogens is 1300 g/mol. The number of esters is 4. The normalized spacial score (nSPS) is 14.4. The molecule has 1 atom stereocenters. The van der Waals surface area contributed by atoms with E-state index in [4.69, 9.17) is 11.5 Å². The number of phenolic OH excluding ortho intramolecular Hbond substituents is 2. The van der Waals surface area contributed by atoms with Gasteiger partial charge in [-0.2, -0.15) is 26.3 Å². The van der Waals surface area contributed by atoms with Crippen LogP contribution in [0.25, 0.3) is 0 Å². The van der Waals surface area contributed by atoms with Crippen molar-refractivity contribution >= 4 is 98.7 Å². The minimum Gasteiger partial charge on any atom is -0.508 e. The first-order valence-corrected chi connectivity index (χ1v) is 30.4. The third-order valence-electron chi connectivity index (χ3n) is 17.9. The number of aryl methyl sites for hydroxylation is 1. The molecule has 4 heterocycles. The van der Waals surface area contributed by atoms with Gasteiger partial charge in [-0.25, -0.2) is 24.1 Å². The highest BCUT2D eigenvalue weighted by atomic mass is 19.4. The molecule has 4 aliphatic rings. The number of imide groups is 2. The Kier molecular flexibility index (Phi) is 17.0. The largest absolute Gasteiger partial charge is 0.508 e. The second kappa shape index (κ2) is 25.3. The van der Waals surface area contributed by atoms with Crippen molar-refractivity contribution in [3.05, 3.63) is 291 Å². The van der Waals surface area contributed by atoms with Crippen LogP contribution in [0.2, 0.25) is 0 Å². The van der Waals surface area contributed by atoms with Gasteiger partial charge in [-0.1, -0.05) is 42.0 Å². The van der Waals surface area contributed by atoms with E-state index in [1.165, 1.54) is 19.2 Å². The first-order chi connectivity index (χ1) is 47.4. The van der Waals surface area contributed by atoms with Gasteiger partial charge in [0.2, 0.25) is 0 Å².